The van der Waals surface area contributed by atoms with E-state index in [2.05, 4.69) is 15.9 Å². The maximum absolute atomic E-state index is 8.34. The molecule has 1 aromatic heterocycles. The van der Waals surface area contributed by atoms with Crippen LogP contribution in [0.4, 0.5) is 0 Å². The molecule has 0 aliphatic rings. The summed E-state index contributed by atoms with van der Waals surface area (Å²) in [6, 6.07) is -3.64. The van der Waals surface area contributed by atoms with Crippen molar-refractivity contribution in [1.82, 2.24) is 0 Å². The van der Waals surface area contributed by atoms with E-state index in [0.29, 0.717) is 0 Å². The van der Waals surface area contributed by atoms with Crippen molar-refractivity contribution in [2.24, 2.45) is 0 Å². The summed E-state index contributed by atoms with van der Waals surface area (Å²) in [5, 5.41) is -0.118. The van der Waals surface area contributed by atoms with Gasteiger partial charge in [0.15, 0.2) is 0 Å². The van der Waals surface area contributed by atoms with E-state index in [-0.39, 0.29) is 61.4 Å². The minimum atomic E-state index is -0.514. The maximum atomic E-state index is 8.34. The third kappa shape index (κ3) is 1.27. The lowest BCUT2D eigenvalue weighted by molar-refractivity contribution is 0.670. The van der Waals surface area contributed by atoms with Crippen LogP contribution < -0.4 is 0 Å². The number of benzene rings is 3. The SMILES string of the molecule is [2H]c1c([2H])c([2H])c2c(oc3c4c([2H])c([2H])c([2H])c([2H])c4c([2H])c([2H])c32)c1Br. The Bertz CT molecular complexity index is 1330. The van der Waals surface area contributed by atoms with E-state index in [4.69, 9.17) is 16.8 Å². The van der Waals surface area contributed by atoms with Gasteiger partial charge in [0.25, 0.3) is 0 Å². The molecule has 0 amide bonds. The molecule has 86 valence electrons. The fourth-order valence-corrected chi connectivity index (χ4v) is 2.29. The molecule has 0 spiro atoms. The molecule has 1 nitrogen and oxygen atoms in total. The molecule has 4 rings (SSSR count). The summed E-state index contributed by atoms with van der Waals surface area (Å²) in [6.07, 6.45) is 0. The van der Waals surface area contributed by atoms with E-state index >= 15 is 0 Å². The van der Waals surface area contributed by atoms with Crippen LogP contribution in [0.1, 0.15) is 12.3 Å². The lowest BCUT2D eigenvalue weighted by Gasteiger charge is -1.97. The summed E-state index contributed by atoms with van der Waals surface area (Å²) in [5.41, 5.74) is -0.0315. The minimum Gasteiger partial charge on any atom is -0.454 e. The fourth-order valence-electron chi connectivity index (χ4n) is 1.91. The zero-order valence-corrected chi connectivity index (χ0v) is 10.4. The first-order chi connectivity index (χ1) is 12.6. The first-order valence-electron chi connectivity index (χ1n) is 9.60. The van der Waals surface area contributed by atoms with E-state index in [0.717, 1.165) is 0 Å². The number of hydrogen-bond acceptors (Lipinski definition) is 1. The average Bonchev–Trinajstić information content (AvgIpc) is 3.04. The van der Waals surface area contributed by atoms with Crippen LogP contribution >= 0.6 is 15.9 Å². The van der Waals surface area contributed by atoms with E-state index in [1.807, 2.05) is 0 Å². The smallest absolute Gasteiger partial charge is 0.149 e. The van der Waals surface area contributed by atoms with Gasteiger partial charge in [-0.3, -0.25) is 0 Å². The molecule has 0 N–H and O–H groups in total. The van der Waals surface area contributed by atoms with Crippen LogP contribution in [-0.4, -0.2) is 0 Å². The third-order valence-electron chi connectivity index (χ3n) is 2.69. The molecule has 1 heterocycles. The molecule has 4 aromatic rings. The van der Waals surface area contributed by atoms with Crippen LogP contribution in [0.2, 0.25) is 0 Å². The zero-order valence-electron chi connectivity index (χ0n) is 17.8. The monoisotopic (exact) mass is 305 g/mol. The Kier molecular flexibility index (Phi) is 0.940. The molecule has 0 aliphatic carbocycles. The maximum Gasteiger partial charge on any atom is 0.149 e. The van der Waals surface area contributed by atoms with Crippen molar-refractivity contribution in [2.75, 3.05) is 0 Å². The summed E-state index contributed by atoms with van der Waals surface area (Å²) in [6.45, 7) is 0. The first kappa shape index (κ1) is 4.71. The molecule has 0 saturated heterocycles. The molecular weight excluding hydrogens is 288 g/mol. The lowest BCUT2D eigenvalue weighted by Crippen LogP contribution is -1.72. The van der Waals surface area contributed by atoms with Crippen molar-refractivity contribution in [3.63, 3.8) is 0 Å². The van der Waals surface area contributed by atoms with Gasteiger partial charge >= 0.3 is 0 Å². The van der Waals surface area contributed by atoms with Crippen LogP contribution in [0.15, 0.2) is 63.3 Å². The normalized spacial score (nSPS) is 18.6. The second kappa shape index (κ2) is 3.59. The lowest BCUT2D eigenvalue weighted by atomic mass is 10.1. The summed E-state index contributed by atoms with van der Waals surface area (Å²) < 4.78 is 78.5. The number of hydrogen-bond donors (Lipinski definition) is 0. The highest BCUT2D eigenvalue weighted by atomic mass is 79.9. The Balaban J connectivity index is 2.47. The molecular formula is C16H9BrO. The van der Waals surface area contributed by atoms with Gasteiger partial charge in [0.2, 0.25) is 0 Å². The number of para-hydroxylation sites is 1. The Hall–Kier alpha value is -1.80. The van der Waals surface area contributed by atoms with Crippen LogP contribution in [0.3, 0.4) is 0 Å². The fraction of sp³-hybridized carbons (Fsp3) is 0. The highest BCUT2D eigenvalue weighted by Gasteiger charge is 2.11. The van der Waals surface area contributed by atoms with Gasteiger partial charge in [-0.15, -0.1) is 0 Å². The molecule has 0 bridgehead atoms. The van der Waals surface area contributed by atoms with Gasteiger partial charge in [-0.25, -0.2) is 0 Å². The van der Waals surface area contributed by atoms with E-state index in [9.17, 15) is 0 Å². The molecule has 0 fully saturated rings. The van der Waals surface area contributed by atoms with Gasteiger partial charge in [-0.05, 0) is 33.4 Å². The van der Waals surface area contributed by atoms with Crippen LogP contribution in [-0.2, 0) is 0 Å². The summed E-state index contributed by atoms with van der Waals surface area (Å²) in [7, 11) is 0. The number of fused-ring (bicyclic) bond motifs is 5. The van der Waals surface area contributed by atoms with E-state index < -0.39 is 30.2 Å². The van der Waals surface area contributed by atoms with E-state index in [1.54, 1.807) is 0 Å². The third-order valence-corrected chi connectivity index (χ3v) is 3.25. The first-order valence-corrected chi connectivity index (χ1v) is 5.89. The van der Waals surface area contributed by atoms with Crippen LogP contribution in [0.5, 0.6) is 0 Å². The Morgan fingerprint density at radius 2 is 1.56 bits per heavy atom. The van der Waals surface area contributed by atoms with Crippen molar-refractivity contribution in [2.45, 2.75) is 0 Å². The van der Waals surface area contributed by atoms with Gasteiger partial charge in [0.05, 0.1) is 16.8 Å². The molecule has 0 saturated carbocycles. The van der Waals surface area contributed by atoms with Gasteiger partial charge in [-0.1, -0.05) is 42.3 Å². The second-order valence-electron chi connectivity index (χ2n) is 3.70. The minimum absolute atomic E-state index is 0.0201. The number of rotatable bonds is 0. The number of halogens is 1. The zero-order chi connectivity index (χ0) is 19.9. The van der Waals surface area contributed by atoms with Crippen molar-refractivity contribution >= 4 is 48.6 Å². The van der Waals surface area contributed by atoms with Crippen LogP contribution in [0, 0.1) is 0 Å². The standard InChI is InChI=1S/C16H9BrO/c17-14-7-3-6-12-13-9-8-10-4-1-2-5-11(10)15(13)18-16(12)14/h1-9H/i1D,2D,3D,4D,5D,6D,7D,8D,9D. The summed E-state index contributed by atoms with van der Waals surface area (Å²) in [4.78, 5) is 0. The predicted octanol–water partition coefficient (Wildman–Crippen LogP) is 5.50. The topological polar surface area (TPSA) is 13.1 Å². The molecule has 0 unspecified atom stereocenters. The average molecular weight is 306 g/mol. The predicted molar refractivity (Wildman–Crippen MR) is 78.9 cm³/mol. The Morgan fingerprint density at radius 1 is 0.778 bits per heavy atom. The Morgan fingerprint density at radius 3 is 2.50 bits per heavy atom. The summed E-state index contributed by atoms with van der Waals surface area (Å²) in [5.74, 6) is 0. The second-order valence-corrected chi connectivity index (χ2v) is 4.49. The molecule has 0 radical (unpaired) electrons. The largest absolute Gasteiger partial charge is 0.454 e. The molecule has 18 heavy (non-hydrogen) atoms. The highest BCUT2D eigenvalue weighted by Crippen LogP contribution is 2.36. The Labute approximate surface area is 125 Å². The molecule has 0 aliphatic heterocycles. The molecule has 3 aromatic carbocycles. The van der Waals surface area contributed by atoms with Crippen molar-refractivity contribution in [3.8, 4) is 0 Å². The van der Waals surface area contributed by atoms with Gasteiger partial charge < -0.3 is 4.42 Å². The van der Waals surface area contributed by atoms with Crippen molar-refractivity contribution in [1.29, 1.82) is 0 Å². The van der Waals surface area contributed by atoms with Crippen LogP contribution in [0.25, 0.3) is 32.7 Å². The van der Waals surface area contributed by atoms with E-state index in [1.165, 1.54) is 0 Å². The van der Waals surface area contributed by atoms with Gasteiger partial charge in [-0.2, -0.15) is 0 Å². The molecule has 0 atom stereocenters. The van der Waals surface area contributed by atoms with Gasteiger partial charge in [0, 0.05) is 16.2 Å². The van der Waals surface area contributed by atoms with Gasteiger partial charge in [0.1, 0.15) is 11.2 Å². The quantitative estimate of drug-likeness (QED) is 0.418. The molecule has 2 heteroatoms. The van der Waals surface area contributed by atoms with Crippen molar-refractivity contribution in [3.05, 3.63) is 58.9 Å². The summed E-state index contributed by atoms with van der Waals surface area (Å²) >= 11 is 3.17. The van der Waals surface area contributed by atoms with Crippen molar-refractivity contribution < 1.29 is 16.8 Å². The highest BCUT2D eigenvalue weighted by molar-refractivity contribution is 9.10. The number of furan rings is 1.